The van der Waals surface area contributed by atoms with Gasteiger partial charge in [-0.2, -0.15) is 0 Å². The minimum absolute atomic E-state index is 0.380. The van der Waals surface area contributed by atoms with Crippen molar-refractivity contribution < 1.29 is 13.2 Å². The summed E-state index contributed by atoms with van der Waals surface area (Å²) in [6.45, 7) is 2.36. The molecule has 1 N–H and O–H groups in total. The third-order valence-corrected chi connectivity index (χ3v) is 2.44. The van der Waals surface area contributed by atoms with E-state index in [0.29, 0.717) is 23.1 Å². The lowest BCUT2D eigenvalue weighted by atomic mass is 10.3. The highest BCUT2D eigenvalue weighted by molar-refractivity contribution is 7.92. The van der Waals surface area contributed by atoms with E-state index in [1.165, 1.54) is 6.07 Å². The van der Waals surface area contributed by atoms with E-state index in [1.54, 1.807) is 12.1 Å². The van der Waals surface area contributed by atoms with E-state index in [0.717, 1.165) is 6.26 Å². The van der Waals surface area contributed by atoms with Gasteiger partial charge in [-0.15, -0.1) is 0 Å². The molecule has 0 bridgehead atoms. The molecule has 0 heterocycles. The van der Waals surface area contributed by atoms with Crippen molar-refractivity contribution in [2.45, 2.75) is 6.92 Å². The Morgan fingerprint density at radius 2 is 2.13 bits per heavy atom. The van der Waals surface area contributed by atoms with Gasteiger partial charge in [0.2, 0.25) is 10.0 Å². The van der Waals surface area contributed by atoms with Crippen LogP contribution in [-0.4, -0.2) is 21.3 Å². The first-order valence-corrected chi connectivity index (χ1v) is 6.59. The molecule has 0 fully saturated rings. The van der Waals surface area contributed by atoms with Gasteiger partial charge >= 0.3 is 0 Å². The number of rotatable bonds is 4. The lowest BCUT2D eigenvalue weighted by Crippen LogP contribution is -2.09. The lowest BCUT2D eigenvalue weighted by molar-refractivity contribution is 0.340. The maximum Gasteiger partial charge on any atom is 0.229 e. The molecule has 1 rings (SSSR count). The first-order chi connectivity index (χ1) is 6.92. The van der Waals surface area contributed by atoms with Gasteiger partial charge in [-0.3, -0.25) is 4.72 Å². The smallest absolute Gasteiger partial charge is 0.229 e. The average molecular weight is 250 g/mol. The van der Waals surface area contributed by atoms with Crippen molar-refractivity contribution in [3.8, 4) is 5.75 Å². The van der Waals surface area contributed by atoms with Crippen LogP contribution in [0.15, 0.2) is 18.2 Å². The fourth-order valence-corrected chi connectivity index (χ4v) is 1.84. The van der Waals surface area contributed by atoms with Crippen LogP contribution in [0.3, 0.4) is 0 Å². The van der Waals surface area contributed by atoms with Crippen molar-refractivity contribution in [3.05, 3.63) is 23.2 Å². The molecule has 0 aliphatic rings. The van der Waals surface area contributed by atoms with Crippen molar-refractivity contribution in [1.29, 1.82) is 0 Å². The van der Waals surface area contributed by atoms with E-state index in [2.05, 4.69) is 4.72 Å². The fourth-order valence-electron chi connectivity index (χ4n) is 1.05. The molecule has 0 saturated carbocycles. The third kappa shape index (κ3) is 3.97. The first-order valence-electron chi connectivity index (χ1n) is 4.32. The number of benzene rings is 1. The van der Waals surface area contributed by atoms with Gasteiger partial charge in [-0.1, -0.05) is 11.6 Å². The average Bonchev–Trinajstić information content (AvgIpc) is 2.07. The summed E-state index contributed by atoms with van der Waals surface area (Å²) in [6, 6.07) is 4.73. The number of ether oxygens (including phenoxy) is 1. The SMILES string of the molecule is CCOc1ccc(NS(C)(=O)=O)cc1Cl. The monoisotopic (exact) mass is 249 g/mol. The zero-order valence-corrected chi connectivity index (χ0v) is 10.0. The lowest BCUT2D eigenvalue weighted by Gasteiger charge is -2.08. The number of sulfonamides is 1. The van der Waals surface area contributed by atoms with Crippen molar-refractivity contribution in [2.75, 3.05) is 17.6 Å². The Morgan fingerprint density at radius 1 is 1.47 bits per heavy atom. The molecule has 84 valence electrons. The third-order valence-electron chi connectivity index (χ3n) is 1.53. The summed E-state index contributed by atoms with van der Waals surface area (Å²) in [5.41, 5.74) is 0.422. The highest BCUT2D eigenvalue weighted by atomic mass is 35.5. The van der Waals surface area contributed by atoms with Crippen LogP contribution in [0.25, 0.3) is 0 Å². The normalized spacial score (nSPS) is 11.1. The molecule has 0 radical (unpaired) electrons. The van der Waals surface area contributed by atoms with Gasteiger partial charge in [-0.05, 0) is 25.1 Å². The molecule has 1 aromatic carbocycles. The molecule has 4 nitrogen and oxygen atoms in total. The van der Waals surface area contributed by atoms with Crippen LogP contribution in [0.2, 0.25) is 5.02 Å². The topological polar surface area (TPSA) is 55.4 Å². The van der Waals surface area contributed by atoms with Crippen LogP contribution >= 0.6 is 11.6 Å². The maximum absolute atomic E-state index is 10.9. The van der Waals surface area contributed by atoms with Gasteiger partial charge in [-0.25, -0.2) is 8.42 Å². The predicted octanol–water partition coefficient (Wildman–Crippen LogP) is 2.11. The summed E-state index contributed by atoms with van der Waals surface area (Å²) in [7, 11) is -3.27. The van der Waals surface area contributed by atoms with Crippen molar-refractivity contribution in [2.24, 2.45) is 0 Å². The zero-order valence-electron chi connectivity index (χ0n) is 8.45. The Kier molecular flexibility index (Phi) is 3.82. The molecule has 0 unspecified atom stereocenters. The molecule has 0 atom stereocenters. The Labute approximate surface area is 94.3 Å². The highest BCUT2D eigenvalue weighted by Gasteiger charge is 2.05. The number of nitrogens with one attached hydrogen (secondary N) is 1. The minimum atomic E-state index is -3.27. The van der Waals surface area contributed by atoms with Gasteiger partial charge in [0.15, 0.2) is 0 Å². The molecule has 0 spiro atoms. The number of hydrogen-bond acceptors (Lipinski definition) is 3. The second-order valence-electron chi connectivity index (χ2n) is 2.95. The van der Waals surface area contributed by atoms with Gasteiger partial charge in [0.1, 0.15) is 5.75 Å². The second kappa shape index (κ2) is 4.72. The van der Waals surface area contributed by atoms with Crippen LogP contribution < -0.4 is 9.46 Å². The zero-order chi connectivity index (χ0) is 11.5. The van der Waals surface area contributed by atoms with Crippen LogP contribution in [0.4, 0.5) is 5.69 Å². The molecular formula is C9H12ClNO3S. The Morgan fingerprint density at radius 3 is 2.60 bits per heavy atom. The van der Waals surface area contributed by atoms with Crippen LogP contribution in [0.1, 0.15) is 6.92 Å². The molecule has 0 amide bonds. The van der Waals surface area contributed by atoms with Crippen LogP contribution in [0.5, 0.6) is 5.75 Å². The van der Waals surface area contributed by atoms with Gasteiger partial charge in [0.05, 0.1) is 23.6 Å². The largest absolute Gasteiger partial charge is 0.492 e. The quantitative estimate of drug-likeness (QED) is 0.889. The number of halogens is 1. The van der Waals surface area contributed by atoms with Gasteiger partial charge in [0.25, 0.3) is 0 Å². The molecule has 0 aliphatic carbocycles. The van der Waals surface area contributed by atoms with Crippen molar-refractivity contribution in [3.63, 3.8) is 0 Å². The summed E-state index contributed by atoms with van der Waals surface area (Å²) in [5.74, 6) is 0.540. The Bertz CT molecular complexity index is 445. The molecule has 0 aliphatic heterocycles. The summed E-state index contributed by atoms with van der Waals surface area (Å²) in [6.07, 6.45) is 1.08. The minimum Gasteiger partial charge on any atom is -0.492 e. The van der Waals surface area contributed by atoms with E-state index < -0.39 is 10.0 Å². The van der Waals surface area contributed by atoms with Gasteiger partial charge in [0, 0.05) is 0 Å². The van der Waals surface area contributed by atoms with E-state index in [1.807, 2.05) is 6.92 Å². The Balaban J connectivity index is 2.91. The van der Waals surface area contributed by atoms with E-state index in [4.69, 9.17) is 16.3 Å². The molecule has 6 heteroatoms. The van der Waals surface area contributed by atoms with Crippen molar-refractivity contribution >= 4 is 27.3 Å². The standard InChI is InChI=1S/C9H12ClNO3S/c1-3-14-9-5-4-7(6-8(9)10)11-15(2,12)13/h4-6,11H,3H2,1-2H3. The molecule has 0 aromatic heterocycles. The fraction of sp³-hybridized carbons (Fsp3) is 0.333. The summed E-state index contributed by atoms with van der Waals surface area (Å²) >= 11 is 5.88. The summed E-state index contributed by atoms with van der Waals surface area (Å²) < 4.78 is 29.4. The molecular weight excluding hydrogens is 238 g/mol. The van der Waals surface area contributed by atoms with Crippen LogP contribution in [0, 0.1) is 0 Å². The highest BCUT2D eigenvalue weighted by Crippen LogP contribution is 2.27. The number of hydrogen-bond donors (Lipinski definition) is 1. The van der Waals surface area contributed by atoms with Crippen LogP contribution in [-0.2, 0) is 10.0 Å². The molecule has 0 saturated heterocycles. The van der Waals surface area contributed by atoms with E-state index in [-0.39, 0.29) is 0 Å². The summed E-state index contributed by atoms with van der Waals surface area (Å²) in [4.78, 5) is 0. The molecule has 15 heavy (non-hydrogen) atoms. The summed E-state index contributed by atoms with van der Waals surface area (Å²) in [5, 5.41) is 0.380. The van der Waals surface area contributed by atoms with E-state index >= 15 is 0 Å². The Hall–Kier alpha value is -0.940. The van der Waals surface area contributed by atoms with Crippen molar-refractivity contribution in [1.82, 2.24) is 0 Å². The maximum atomic E-state index is 10.9. The van der Waals surface area contributed by atoms with Gasteiger partial charge < -0.3 is 4.74 Å². The predicted molar refractivity (Wildman–Crippen MR) is 61.1 cm³/mol. The molecule has 1 aromatic rings. The van der Waals surface area contributed by atoms with E-state index in [9.17, 15) is 8.42 Å². The first kappa shape index (κ1) is 12.1. The second-order valence-corrected chi connectivity index (χ2v) is 5.11. The number of anilines is 1.